The Morgan fingerprint density at radius 2 is 1.79 bits per heavy atom. The molecule has 1 aromatic rings. The van der Waals surface area contributed by atoms with Crippen LogP contribution < -0.4 is 4.74 Å². The summed E-state index contributed by atoms with van der Waals surface area (Å²) in [4.78, 5) is 12.5. The number of hydrogen-bond donors (Lipinski definition) is 0. The lowest BCUT2D eigenvalue weighted by Gasteiger charge is -2.26. The molecule has 2 atom stereocenters. The number of hydrogen-bond acceptors (Lipinski definition) is 2. The number of ether oxygens (including phenoxy) is 1. The predicted octanol–water partition coefficient (Wildman–Crippen LogP) is 4.05. The van der Waals surface area contributed by atoms with Crippen molar-refractivity contribution in [1.82, 2.24) is 0 Å². The molecule has 0 saturated heterocycles. The van der Waals surface area contributed by atoms with Gasteiger partial charge in [0.15, 0.2) is 0 Å². The van der Waals surface area contributed by atoms with Crippen LogP contribution in [-0.4, -0.2) is 20.6 Å². The third-order valence-corrected chi connectivity index (χ3v) is 5.38. The molecule has 0 spiro atoms. The minimum Gasteiger partial charge on any atom is -0.497 e. The van der Waals surface area contributed by atoms with Crippen molar-refractivity contribution in [2.45, 2.75) is 32.5 Å². The highest BCUT2D eigenvalue weighted by Crippen LogP contribution is 2.30. The van der Waals surface area contributed by atoms with Crippen LogP contribution >= 0.6 is 0 Å². The average molecular weight is 276 g/mol. The monoisotopic (exact) mass is 276 g/mol. The number of carbonyl (C=O) groups excluding carboxylic acids is 1. The maximum atomic E-state index is 12.5. The molecule has 1 rings (SSSR count). The third-order valence-electron chi connectivity index (χ3n) is 3.45. The molecule has 0 aromatic heterocycles. The Morgan fingerprint density at radius 3 is 2.16 bits per heavy atom. The van der Waals surface area contributed by atoms with E-state index in [1.807, 2.05) is 37.3 Å². The average Bonchev–Trinajstić information content (AvgIpc) is 2.38. The van der Waals surface area contributed by atoms with Gasteiger partial charge in [-0.2, -0.15) is 0 Å². The standard InChI is InChI=1S/C16H24O2Si/c1-7-15(12(2)16(17)19(4,5)6)13-8-10-14(18-3)11-9-13/h7-12,15H,1H2,2-6H3/t12-,15-/m0/s1. The molecule has 0 N–H and O–H groups in total. The second-order valence-corrected chi connectivity index (χ2v) is 10.9. The van der Waals surface area contributed by atoms with E-state index in [0.29, 0.717) is 5.41 Å². The van der Waals surface area contributed by atoms with Crippen molar-refractivity contribution in [3.05, 3.63) is 42.5 Å². The first kappa shape index (κ1) is 15.7. The van der Waals surface area contributed by atoms with Gasteiger partial charge in [-0.15, -0.1) is 6.58 Å². The van der Waals surface area contributed by atoms with E-state index in [1.165, 1.54) is 0 Å². The van der Waals surface area contributed by atoms with E-state index >= 15 is 0 Å². The first-order chi connectivity index (χ1) is 8.81. The Hall–Kier alpha value is -1.35. The molecular weight excluding hydrogens is 252 g/mol. The fourth-order valence-electron chi connectivity index (χ4n) is 2.30. The highest BCUT2D eigenvalue weighted by molar-refractivity contribution is 7.03. The zero-order valence-corrected chi connectivity index (χ0v) is 13.6. The van der Waals surface area contributed by atoms with Crippen molar-refractivity contribution in [2.75, 3.05) is 7.11 Å². The summed E-state index contributed by atoms with van der Waals surface area (Å²) >= 11 is 0. The van der Waals surface area contributed by atoms with Crippen molar-refractivity contribution in [1.29, 1.82) is 0 Å². The topological polar surface area (TPSA) is 26.3 Å². The maximum absolute atomic E-state index is 12.5. The fraction of sp³-hybridized carbons (Fsp3) is 0.438. The van der Waals surface area contributed by atoms with Crippen LogP contribution in [0, 0.1) is 5.92 Å². The smallest absolute Gasteiger partial charge is 0.124 e. The van der Waals surface area contributed by atoms with Crippen LogP contribution in [0.15, 0.2) is 36.9 Å². The van der Waals surface area contributed by atoms with Gasteiger partial charge in [0.1, 0.15) is 19.2 Å². The lowest BCUT2D eigenvalue weighted by atomic mass is 9.88. The van der Waals surface area contributed by atoms with Crippen molar-refractivity contribution in [3.8, 4) is 5.75 Å². The van der Waals surface area contributed by atoms with Gasteiger partial charge in [-0.3, -0.25) is 0 Å². The zero-order valence-electron chi connectivity index (χ0n) is 12.6. The summed E-state index contributed by atoms with van der Waals surface area (Å²) in [6, 6.07) is 7.88. The minimum atomic E-state index is -1.76. The van der Waals surface area contributed by atoms with Crippen LogP contribution in [0.1, 0.15) is 18.4 Å². The van der Waals surface area contributed by atoms with Crippen molar-refractivity contribution in [3.63, 3.8) is 0 Å². The molecular formula is C16H24O2Si. The largest absolute Gasteiger partial charge is 0.497 e. The van der Waals surface area contributed by atoms with Crippen LogP contribution in [-0.2, 0) is 4.79 Å². The SMILES string of the molecule is C=C[C@H](c1ccc(OC)cc1)[C@H](C)C(=O)[Si](C)(C)C. The van der Waals surface area contributed by atoms with E-state index < -0.39 is 8.07 Å². The lowest BCUT2D eigenvalue weighted by molar-refractivity contribution is -0.116. The molecule has 0 aliphatic heterocycles. The van der Waals surface area contributed by atoms with Crippen molar-refractivity contribution < 1.29 is 9.53 Å². The minimum absolute atomic E-state index is 0.0161. The van der Waals surface area contributed by atoms with Gasteiger partial charge in [-0.05, 0) is 17.7 Å². The first-order valence-corrected chi connectivity index (χ1v) is 10.1. The third kappa shape index (κ3) is 3.80. The predicted molar refractivity (Wildman–Crippen MR) is 83.4 cm³/mol. The number of rotatable bonds is 6. The molecule has 2 nitrogen and oxygen atoms in total. The molecule has 104 valence electrons. The van der Waals surface area contributed by atoms with Gasteiger partial charge in [0, 0.05) is 11.8 Å². The van der Waals surface area contributed by atoms with Gasteiger partial charge in [-0.1, -0.05) is 44.8 Å². The normalized spacial score (nSPS) is 14.6. The molecule has 1 aromatic carbocycles. The summed E-state index contributed by atoms with van der Waals surface area (Å²) < 4.78 is 5.16. The van der Waals surface area contributed by atoms with E-state index in [2.05, 4.69) is 26.2 Å². The van der Waals surface area contributed by atoms with E-state index in [0.717, 1.165) is 11.3 Å². The second-order valence-electron chi connectivity index (χ2n) is 5.94. The first-order valence-electron chi connectivity index (χ1n) is 6.62. The number of allylic oxidation sites excluding steroid dienone is 1. The molecule has 0 saturated carbocycles. The Morgan fingerprint density at radius 1 is 1.26 bits per heavy atom. The second kappa shape index (κ2) is 6.20. The molecule has 0 heterocycles. The summed E-state index contributed by atoms with van der Waals surface area (Å²) in [7, 11) is -0.115. The Kier molecular flexibility index (Phi) is 5.12. The molecule has 0 radical (unpaired) electrons. The van der Waals surface area contributed by atoms with Gasteiger partial charge >= 0.3 is 0 Å². The van der Waals surface area contributed by atoms with E-state index in [4.69, 9.17) is 4.74 Å². The summed E-state index contributed by atoms with van der Waals surface area (Å²) in [6.07, 6.45) is 1.88. The Balaban J connectivity index is 2.99. The Bertz CT molecular complexity index is 443. The number of benzene rings is 1. The van der Waals surface area contributed by atoms with E-state index in [9.17, 15) is 4.79 Å². The summed E-state index contributed by atoms with van der Waals surface area (Å²) in [6.45, 7) is 12.2. The highest BCUT2D eigenvalue weighted by atomic mass is 28.3. The molecule has 0 unspecified atom stereocenters. The molecule has 19 heavy (non-hydrogen) atoms. The molecule has 0 bridgehead atoms. The molecule has 0 fully saturated rings. The fourth-order valence-corrected chi connectivity index (χ4v) is 3.85. The molecule has 0 aliphatic carbocycles. The van der Waals surface area contributed by atoms with Gasteiger partial charge in [0.05, 0.1) is 7.11 Å². The van der Waals surface area contributed by atoms with E-state index in [1.54, 1.807) is 7.11 Å². The molecule has 3 heteroatoms. The summed E-state index contributed by atoms with van der Waals surface area (Å²) in [5.41, 5.74) is 1.12. The van der Waals surface area contributed by atoms with Gasteiger partial charge < -0.3 is 9.53 Å². The Labute approximate surface area is 117 Å². The highest BCUT2D eigenvalue weighted by Gasteiger charge is 2.32. The lowest BCUT2D eigenvalue weighted by Crippen LogP contribution is -2.39. The van der Waals surface area contributed by atoms with Crippen LogP contribution in [0.2, 0.25) is 19.6 Å². The van der Waals surface area contributed by atoms with Gasteiger partial charge in [-0.25, -0.2) is 0 Å². The molecule has 0 aliphatic rings. The van der Waals surface area contributed by atoms with E-state index in [-0.39, 0.29) is 11.8 Å². The summed E-state index contributed by atoms with van der Waals surface area (Å²) in [5.74, 6) is 0.887. The van der Waals surface area contributed by atoms with Crippen molar-refractivity contribution in [2.24, 2.45) is 5.92 Å². The van der Waals surface area contributed by atoms with Gasteiger partial charge in [0.2, 0.25) is 0 Å². The number of methoxy groups -OCH3 is 1. The maximum Gasteiger partial charge on any atom is 0.124 e. The van der Waals surface area contributed by atoms with Crippen molar-refractivity contribution >= 4 is 13.5 Å². The van der Waals surface area contributed by atoms with Crippen LogP contribution in [0.4, 0.5) is 0 Å². The summed E-state index contributed by atoms with van der Waals surface area (Å²) in [5, 5.41) is 0.396. The zero-order chi connectivity index (χ0) is 14.6. The molecule has 0 amide bonds. The quantitative estimate of drug-likeness (QED) is 0.579. The van der Waals surface area contributed by atoms with Crippen LogP contribution in [0.5, 0.6) is 5.75 Å². The number of carbonyl (C=O) groups is 1. The van der Waals surface area contributed by atoms with Gasteiger partial charge in [0.25, 0.3) is 0 Å². The van der Waals surface area contributed by atoms with Crippen LogP contribution in [0.25, 0.3) is 0 Å². The van der Waals surface area contributed by atoms with Crippen LogP contribution in [0.3, 0.4) is 0 Å².